The lowest BCUT2D eigenvalue weighted by Crippen LogP contribution is -2.64. The highest BCUT2D eigenvalue weighted by molar-refractivity contribution is 6.83. The molecule has 1 aliphatic carbocycles. The molecule has 1 aliphatic heterocycles. The topological polar surface area (TPSA) is 109 Å². The third-order valence-corrected chi connectivity index (χ3v) is 18.5. The van der Waals surface area contributed by atoms with Crippen molar-refractivity contribution in [2.24, 2.45) is 10.9 Å². The number of fused-ring (bicyclic) bond motifs is 2. The molecule has 0 radical (unpaired) electrons. The molecule has 0 bridgehead atoms. The minimum Gasteiger partial charge on any atom is -0.414 e. The van der Waals surface area contributed by atoms with Crippen molar-refractivity contribution >= 4 is 28.3 Å². The smallest absolute Gasteiger partial charge is 0.334 e. The van der Waals surface area contributed by atoms with Crippen molar-refractivity contribution in [1.29, 1.82) is 5.26 Å². The average molecular weight is 547 g/mol. The van der Waals surface area contributed by atoms with Gasteiger partial charge in [0.1, 0.15) is 13.4 Å². The van der Waals surface area contributed by atoms with Crippen molar-refractivity contribution in [2.45, 2.75) is 103 Å². The van der Waals surface area contributed by atoms with E-state index in [0.29, 0.717) is 45.4 Å². The van der Waals surface area contributed by atoms with Crippen LogP contribution in [0.4, 0.5) is 0 Å². The molecular formula is C25H42N6O4Si2. The Labute approximate surface area is 222 Å². The van der Waals surface area contributed by atoms with Crippen LogP contribution in [0.3, 0.4) is 0 Å². The van der Waals surface area contributed by atoms with Gasteiger partial charge in [-0.2, -0.15) is 9.99 Å². The molecule has 204 valence electrons. The van der Waals surface area contributed by atoms with Crippen LogP contribution in [0.5, 0.6) is 0 Å². The molecule has 12 heteroatoms. The SMILES string of the molecule is COn1cnc2c(ncn2[C@@H]2C[C@@H]3CO[Si](C(C)C)(C(C)C)O[Si](C(C)C)(C(C)C)O[C@H]3C2)c1=NC#N. The lowest BCUT2D eigenvalue weighted by molar-refractivity contribution is 0.0367. The van der Waals surface area contributed by atoms with Gasteiger partial charge in [0.15, 0.2) is 11.2 Å². The van der Waals surface area contributed by atoms with Gasteiger partial charge >= 0.3 is 17.1 Å². The van der Waals surface area contributed by atoms with Crippen molar-refractivity contribution in [3.05, 3.63) is 18.1 Å². The third kappa shape index (κ3) is 4.69. The highest BCUT2D eigenvalue weighted by Crippen LogP contribution is 2.50. The number of imidazole rings is 1. The molecule has 0 unspecified atom stereocenters. The van der Waals surface area contributed by atoms with Crippen molar-refractivity contribution in [2.75, 3.05) is 13.7 Å². The Kier molecular flexibility index (Phi) is 8.02. The van der Waals surface area contributed by atoms with E-state index in [9.17, 15) is 5.26 Å². The maximum atomic E-state index is 9.19. The molecule has 3 atom stereocenters. The van der Waals surface area contributed by atoms with Crippen molar-refractivity contribution < 1.29 is 17.8 Å². The van der Waals surface area contributed by atoms with Gasteiger partial charge in [-0.25, -0.2) is 9.97 Å². The number of rotatable bonds is 6. The molecule has 1 saturated heterocycles. The maximum Gasteiger partial charge on any atom is 0.334 e. The second-order valence-electron chi connectivity index (χ2n) is 11.6. The first-order chi connectivity index (χ1) is 17.5. The monoisotopic (exact) mass is 546 g/mol. The van der Waals surface area contributed by atoms with Gasteiger partial charge in [-0.05, 0) is 35.0 Å². The van der Waals surface area contributed by atoms with Crippen LogP contribution in [0, 0.1) is 17.4 Å². The highest BCUT2D eigenvalue weighted by atomic mass is 28.5. The van der Waals surface area contributed by atoms with Crippen LogP contribution in [0.25, 0.3) is 11.2 Å². The lowest BCUT2D eigenvalue weighted by atomic mass is 10.1. The first-order valence-electron chi connectivity index (χ1n) is 13.4. The molecule has 37 heavy (non-hydrogen) atoms. The number of nitriles is 1. The van der Waals surface area contributed by atoms with Crippen LogP contribution in [0.15, 0.2) is 17.6 Å². The summed E-state index contributed by atoms with van der Waals surface area (Å²) in [6.07, 6.45) is 6.96. The zero-order valence-corrected chi connectivity index (χ0v) is 25.6. The molecule has 2 aromatic heterocycles. The standard InChI is InChI=1S/C25H42N6O4Si2/c1-16(2)36(17(3)4)33-12-20-10-21(11-22(20)34-37(35-36,18(5)6)19(7)8)30-14-28-23-24(30)29-15-31(32-9)25(23)27-13-26/h14-22H,10-12H2,1-9H3/t20-,21-,22+/m1/s1. The minimum absolute atomic E-state index is 0.0427. The number of hydrogen-bond acceptors (Lipinski definition) is 8. The Balaban J connectivity index is 1.75. The highest BCUT2D eigenvalue weighted by Gasteiger charge is 2.59. The van der Waals surface area contributed by atoms with Gasteiger partial charge in [0.05, 0.1) is 12.4 Å². The van der Waals surface area contributed by atoms with Gasteiger partial charge in [-0.1, -0.05) is 55.4 Å². The zero-order chi connectivity index (χ0) is 27.1. The Hall–Kier alpha value is -2.05. The first kappa shape index (κ1) is 28.0. The fourth-order valence-electron chi connectivity index (χ4n) is 6.25. The Morgan fingerprint density at radius 2 is 1.65 bits per heavy atom. The number of nitrogens with zero attached hydrogens (tertiary/aromatic N) is 6. The van der Waals surface area contributed by atoms with Crippen molar-refractivity contribution in [3.8, 4) is 6.19 Å². The molecule has 1 saturated carbocycles. The summed E-state index contributed by atoms with van der Waals surface area (Å²) in [5, 5.41) is 9.19. The van der Waals surface area contributed by atoms with E-state index in [1.165, 1.54) is 18.2 Å². The van der Waals surface area contributed by atoms with Crippen LogP contribution < -0.4 is 10.3 Å². The van der Waals surface area contributed by atoms with E-state index < -0.39 is 17.1 Å². The van der Waals surface area contributed by atoms with Gasteiger partial charge < -0.3 is 22.4 Å². The van der Waals surface area contributed by atoms with E-state index >= 15 is 0 Å². The summed E-state index contributed by atoms with van der Waals surface area (Å²) in [5.41, 5.74) is 2.80. The molecule has 2 aliphatic rings. The van der Waals surface area contributed by atoms with Crippen molar-refractivity contribution in [1.82, 2.24) is 19.3 Å². The van der Waals surface area contributed by atoms with E-state index in [2.05, 4.69) is 74.9 Å². The van der Waals surface area contributed by atoms with Crippen LogP contribution in [-0.2, 0) is 13.0 Å². The third-order valence-electron chi connectivity index (χ3n) is 8.22. The number of aromatic nitrogens is 4. The molecule has 0 aromatic carbocycles. The van der Waals surface area contributed by atoms with Gasteiger partial charge in [0.25, 0.3) is 0 Å². The molecular weight excluding hydrogens is 504 g/mol. The summed E-state index contributed by atoms with van der Waals surface area (Å²) < 4.78 is 25.0. The summed E-state index contributed by atoms with van der Waals surface area (Å²) in [6.45, 7) is 18.7. The summed E-state index contributed by atoms with van der Waals surface area (Å²) >= 11 is 0. The molecule has 10 nitrogen and oxygen atoms in total. The van der Waals surface area contributed by atoms with E-state index in [1.807, 2.05) is 6.19 Å². The molecule has 0 spiro atoms. The van der Waals surface area contributed by atoms with E-state index in [0.717, 1.165) is 12.8 Å². The maximum absolute atomic E-state index is 9.19. The summed E-state index contributed by atoms with van der Waals surface area (Å²) in [6, 6.07) is 0.141. The Bertz CT molecular complexity index is 1200. The predicted octanol–water partition coefficient (Wildman–Crippen LogP) is 4.58. The normalized spacial score (nSPS) is 26.1. The van der Waals surface area contributed by atoms with Gasteiger partial charge in [0.2, 0.25) is 11.7 Å². The molecule has 2 fully saturated rings. The quantitative estimate of drug-likeness (QED) is 0.385. The van der Waals surface area contributed by atoms with Crippen molar-refractivity contribution in [3.63, 3.8) is 0 Å². The minimum atomic E-state index is -2.64. The largest absolute Gasteiger partial charge is 0.414 e. The van der Waals surface area contributed by atoms with Crippen LogP contribution in [0.2, 0.25) is 22.2 Å². The van der Waals surface area contributed by atoms with Gasteiger partial charge in [-0.15, -0.1) is 4.99 Å². The summed E-state index contributed by atoms with van der Waals surface area (Å²) in [4.78, 5) is 18.4. The lowest BCUT2D eigenvalue weighted by Gasteiger charge is -2.51. The number of hydrogen-bond donors (Lipinski definition) is 0. The fraction of sp³-hybridized carbons (Fsp3) is 0.760. The summed E-state index contributed by atoms with van der Waals surface area (Å²) in [7, 11) is -3.69. The van der Waals surface area contributed by atoms with E-state index in [1.54, 1.807) is 6.33 Å². The Morgan fingerprint density at radius 1 is 1.00 bits per heavy atom. The molecule has 3 heterocycles. The van der Waals surface area contributed by atoms with E-state index in [4.69, 9.17) is 17.8 Å². The first-order valence-corrected chi connectivity index (χ1v) is 17.4. The van der Waals surface area contributed by atoms with Gasteiger partial charge in [0, 0.05) is 18.6 Å². The molecule has 2 aromatic rings. The average Bonchev–Trinajstić information content (AvgIpc) is 3.42. The van der Waals surface area contributed by atoms with Crippen LogP contribution in [0.1, 0.15) is 74.3 Å². The van der Waals surface area contributed by atoms with Gasteiger partial charge in [-0.3, -0.25) is 0 Å². The van der Waals surface area contributed by atoms with E-state index in [-0.39, 0.29) is 18.1 Å². The van der Waals surface area contributed by atoms with Crippen LogP contribution >= 0.6 is 0 Å². The zero-order valence-electron chi connectivity index (χ0n) is 23.6. The molecule has 0 N–H and O–H groups in total. The summed E-state index contributed by atoms with van der Waals surface area (Å²) in [5.74, 6) is 0.260. The fourth-order valence-corrected chi connectivity index (χ4v) is 17.6. The molecule has 4 rings (SSSR count). The van der Waals surface area contributed by atoms with Crippen LogP contribution in [-0.4, -0.2) is 56.2 Å². The second kappa shape index (κ2) is 10.6. The molecule has 0 amide bonds. The predicted molar refractivity (Wildman–Crippen MR) is 145 cm³/mol. The second-order valence-corrected chi connectivity index (χ2v) is 20.5. The Morgan fingerprint density at radius 3 is 2.22 bits per heavy atom.